The molecule has 1 saturated carbocycles. The van der Waals surface area contributed by atoms with Crippen LogP contribution < -0.4 is 0 Å². The van der Waals surface area contributed by atoms with E-state index in [1.54, 1.807) is 11.1 Å². The van der Waals surface area contributed by atoms with Crippen LogP contribution in [0, 0.1) is 0 Å². The monoisotopic (exact) mass is 180 g/mol. The van der Waals surface area contributed by atoms with Crippen LogP contribution in [0.5, 0.6) is 0 Å². The molecule has 0 amide bonds. The lowest BCUT2D eigenvalue weighted by Gasteiger charge is -2.36. The lowest BCUT2D eigenvalue weighted by atomic mass is 9.75. The minimum Gasteiger partial charge on any atom is -0.390 e. The summed E-state index contributed by atoms with van der Waals surface area (Å²) >= 11 is 0. The van der Waals surface area contributed by atoms with Gasteiger partial charge >= 0.3 is 0 Å². The summed E-state index contributed by atoms with van der Waals surface area (Å²) in [5.74, 6) is 0. The summed E-state index contributed by atoms with van der Waals surface area (Å²) in [4.78, 5) is 0. The van der Waals surface area contributed by atoms with E-state index in [9.17, 15) is 5.11 Å². The van der Waals surface area contributed by atoms with Gasteiger partial charge in [0.2, 0.25) is 0 Å². The molecule has 13 heavy (non-hydrogen) atoms. The highest BCUT2D eigenvalue weighted by Gasteiger charge is 2.32. The molecule has 0 aliphatic heterocycles. The Morgan fingerprint density at radius 2 is 1.92 bits per heavy atom. The first kappa shape index (κ1) is 9.26. The smallest absolute Gasteiger partial charge is 0.0687 e. The first-order valence-electron chi connectivity index (χ1n) is 5.59. The lowest BCUT2D eigenvalue weighted by Crippen LogP contribution is -2.33. The molecule has 0 unspecified atom stereocenters. The third-order valence-corrected chi connectivity index (χ3v) is 3.73. The number of fused-ring (bicyclic) bond motifs is 2. The molecule has 2 aliphatic rings. The molecule has 0 aromatic heterocycles. The van der Waals surface area contributed by atoms with Crippen LogP contribution in [-0.4, -0.2) is 10.7 Å². The molecule has 1 N–H and O–H groups in total. The fourth-order valence-corrected chi connectivity index (χ4v) is 2.72. The lowest BCUT2D eigenvalue weighted by molar-refractivity contribution is 0.0121. The molecule has 2 aliphatic carbocycles. The van der Waals surface area contributed by atoms with Crippen molar-refractivity contribution in [2.24, 2.45) is 0 Å². The second-order valence-electron chi connectivity index (χ2n) is 4.85. The Hall–Kier alpha value is -0.300. The third kappa shape index (κ3) is 1.96. The third-order valence-electron chi connectivity index (χ3n) is 3.73. The van der Waals surface area contributed by atoms with Gasteiger partial charge in [0.1, 0.15) is 0 Å². The molecule has 1 fully saturated rings. The van der Waals surface area contributed by atoms with Crippen molar-refractivity contribution in [2.75, 3.05) is 0 Å². The minimum atomic E-state index is -0.324. The van der Waals surface area contributed by atoms with E-state index in [0.29, 0.717) is 0 Å². The van der Waals surface area contributed by atoms with Gasteiger partial charge in [0.05, 0.1) is 5.60 Å². The van der Waals surface area contributed by atoms with Crippen LogP contribution in [-0.2, 0) is 0 Å². The molecule has 0 aromatic rings. The highest BCUT2D eigenvalue weighted by molar-refractivity contribution is 5.19. The quantitative estimate of drug-likeness (QED) is 0.568. The number of rotatable bonds is 0. The van der Waals surface area contributed by atoms with Crippen molar-refractivity contribution in [3.8, 4) is 0 Å². The Bertz CT molecular complexity index is 229. The Balaban J connectivity index is 2.19. The molecule has 0 aromatic carbocycles. The molecular formula is C12H20O. The second kappa shape index (κ2) is 3.45. The number of hydrogen-bond acceptors (Lipinski definition) is 1. The first-order chi connectivity index (χ1) is 6.20. The Labute approximate surface area is 80.8 Å². The average Bonchev–Trinajstić information content (AvgIpc) is 2.07. The zero-order chi connectivity index (χ0) is 9.31. The van der Waals surface area contributed by atoms with Crippen molar-refractivity contribution in [1.29, 1.82) is 0 Å². The standard InChI is InChI=1S/C12H20O/c1-10-6-8-12(13)7-4-2-3-5-11(10)9-12/h13H,2-9H2,1H3/t12-/m1/s1. The minimum absolute atomic E-state index is 0.324. The topological polar surface area (TPSA) is 20.2 Å². The summed E-state index contributed by atoms with van der Waals surface area (Å²) < 4.78 is 0. The maximum absolute atomic E-state index is 10.3. The van der Waals surface area contributed by atoms with E-state index in [4.69, 9.17) is 0 Å². The molecule has 74 valence electrons. The summed E-state index contributed by atoms with van der Waals surface area (Å²) in [7, 11) is 0. The van der Waals surface area contributed by atoms with Crippen LogP contribution in [0.1, 0.15) is 58.3 Å². The largest absolute Gasteiger partial charge is 0.390 e. The normalized spacial score (nSPS) is 35.5. The van der Waals surface area contributed by atoms with Gasteiger partial charge in [-0.15, -0.1) is 0 Å². The van der Waals surface area contributed by atoms with Gasteiger partial charge in [-0.3, -0.25) is 0 Å². The van der Waals surface area contributed by atoms with Gasteiger partial charge in [-0.1, -0.05) is 24.0 Å². The summed E-state index contributed by atoms with van der Waals surface area (Å²) in [5.41, 5.74) is 2.80. The molecule has 1 heteroatoms. The van der Waals surface area contributed by atoms with E-state index in [0.717, 1.165) is 25.7 Å². The first-order valence-corrected chi connectivity index (χ1v) is 5.59. The molecule has 0 radical (unpaired) electrons. The van der Waals surface area contributed by atoms with Crippen LogP contribution in [0.3, 0.4) is 0 Å². The molecule has 1 atom stereocenters. The van der Waals surface area contributed by atoms with Gasteiger partial charge < -0.3 is 5.11 Å². The Morgan fingerprint density at radius 3 is 2.77 bits per heavy atom. The molecule has 1 nitrogen and oxygen atoms in total. The summed E-state index contributed by atoms with van der Waals surface area (Å²) in [6, 6.07) is 0. The van der Waals surface area contributed by atoms with Crippen molar-refractivity contribution < 1.29 is 5.11 Å². The van der Waals surface area contributed by atoms with E-state index >= 15 is 0 Å². The van der Waals surface area contributed by atoms with Crippen molar-refractivity contribution in [2.45, 2.75) is 63.9 Å². The predicted octanol–water partition coefficient (Wildman–Crippen LogP) is 3.18. The van der Waals surface area contributed by atoms with Crippen molar-refractivity contribution in [1.82, 2.24) is 0 Å². The molecule has 2 rings (SSSR count). The van der Waals surface area contributed by atoms with Crippen molar-refractivity contribution in [3.05, 3.63) is 11.1 Å². The second-order valence-corrected chi connectivity index (χ2v) is 4.85. The maximum atomic E-state index is 10.3. The zero-order valence-corrected chi connectivity index (χ0v) is 8.60. The highest BCUT2D eigenvalue weighted by atomic mass is 16.3. The molecule has 0 heterocycles. The van der Waals surface area contributed by atoms with E-state index in [1.807, 2.05) is 0 Å². The maximum Gasteiger partial charge on any atom is 0.0687 e. The highest BCUT2D eigenvalue weighted by Crippen LogP contribution is 2.39. The van der Waals surface area contributed by atoms with Gasteiger partial charge in [0, 0.05) is 0 Å². The number of aliphatic hydroxyl groups is 1. The van der Waals surface area contributed by atoms with E-state index < -0.39 is 0 Å². The summed E-state index contributed by atoms with van der Waals surface area (Å²) in [6.45, 7) is 2.25. The van der Waals surface area contributed by atoms with Crippen LogP contribution in [0.15, 0.2) is 11.1 Å². The fraction of sp³-hybridized carbons (Fsp3) is 0.833. The van der Waals surface area contributed by atoms with E-state index in [-0.39, 0.29) is 5.60 Å². The average molecular weight is 180 g/mol. The summed E-state index contributed by atoms with van der Waals surface area (Å²) in [6.07, 6.45) is 9.25. The molecular weight excluding hydrogens is 160 g/mol. The zero-order valence-electron chi connectivity index (χ0n) is 8.60. The fourth-order valence-electron chi connectivity index (χ4n) is 2.72. The molecule has 0 saturated heterocycles. The SMILES string of the molecule is CC1=C2CCCCC[C@@](O)(CC1)C2. The predicted molar refractivity (Wildman–Crippen MR) is 54.6 cm³/mol. The van der Waals surface area contributed by atoms with Gasteiger partial charge in [-0.05, 0) is 45.4 Å². The van der Waals surface area contributed by atoms with Gasteiger partial charge in [-0.2, -0.15) is 0 Å². The molecule has 0 spiro atoms. The van der Waals surface area contributed by atoms with E-state index in [1.165, 1.54) is 25.7 Å². The van der Waals surface area contributed by atoms with Crippen molar-refractivity contribution >= 4 is 0 Å². The van der Waals surface area contributed by atoms with Crippen LogP contribution >= 0.6 is 0 Å². The Morgan fingerprint density at radius 1 is 1.08 bits per heavy atom. The van der Waals surface area contributed by atoms with Crippen LogP contribution in [0.25, 0.3) is 0 Å². The van der Waals surface area contributed by atoms with Crippen LogP contribution in [0.4, 0.5) is 0 Å². The molecule has 2 bridgehead atoms. The number of allylic oxidation sites excluding steroid dienone is 1. The van der Waals surface area contributed by atoms with Crippen LogP contribution in [0.2, 0.25) is 0 Å². The summed E-state index contributed by atoms with van der Waals surface area (Å²) in [5, 5.41) is 10.3. The van der Waals surface area contributed by atoms with Gasteiger partial charge in [-0.25, -0.2) is 0 Å². The Kier molecular flexibility index (Phi) is 2.46. The van der Waals surface area contributed by atoms with Crippen molar-refractivity contribution in [3.63, 3.8) is 0 Å². The van der Waals surface area contributed by atoms with Gasteiger partial charge in [0.15, 0.2) is 0 Å². The number of hydrogen-bond donors (Lipinski definition) is 1. The van der Waals surface area contributed by atoms with E-state index in [2.05, 4.69) is 6.92 Å². The van der Waals surface area contributed by atoms with Gasteiger partial charge in [0.25, 0.3) is 0 Å².